The van der Waals surface area contributed by atoms with Gasteiger partial charge in [0.05, 0.1) is 42.5 Å². The van der Waals surface area contributed by atoms with Crippen molar-refractivity contribution in [2.75, 3.05) is 45.2 Å². The minimum Gasteiger partial charge on any atom is -0.495 e. The number of carbonyl (C=O) groups is 1. The molecule has 2 aliphatic heterocycles. The summed E-state index contributed by atoms with van der Waals surface area (Å²) in [6.45, 7) is 3.82. The number of aryl methyl sites for hydroxylation is 1. The summed E-state index contributed by atoms with van der Waals surface area (Å²) in [5.74, 6) is 0.865. The van der Waals surface area contributed by atoms with Crippen LogP contribution in [0.15, 0.2) is 36.8 Å². The Hall–Kier alpha value is -3.21. The van der Waals surface area contributed by atoms with Crippen LogP contribution < -0.4 is 10.1 Å². The lowest BCUT2D eigenvalue weighted by molar-refractivity contribution is -0.151. The molecule has 1 aromatic carbocycles. The number of methoxy groups -OCH3 is 1. The van der Waals surface area contributed by atoms with Crippen molar-refractivity contribution in [3.05, 3.63) is 47.4 Å². The van der Waals surface area contributed by atoms with Gasteiger partial charge in [0.2, 0.25) is 5.95 Å². The van der Waals surface area contributed by atoms with Crippen LogP contribution in [0.1, 0.15) is 16.8 Å². The van der Waals surface area contributed by atoms with Gasteiger partial charge in [0.25, 0.3) is 5.91 Å². The second-order valence-corrected chi connectivity index (χ2v) is 8.68. The van der Waals surface area contributed by atoms with Crippen molar-refractivity contribution in [3.63, 3.8) is 0 Å². The molecule has 0 saturated carbocycles. The van der Waals surface area contributed by atoms with Gasteiger partial charge in [0.15, 0.2) is 0 Å². The van der Waals surface area contributed by atoms with Crippen LogP contribution in [0, 0.1) is 0 Å². The standard InChI is InChI=1S/C23H26ClN7O3/c1-29-14-16(12-26-29)21-17(24)13-25-23(28-21)27-18-4-3-15(11-19(18)33-2)22(32)31-8-6-30(7-9-31)20-5-10-34-20/h3-4,11-14,20H,5-10H2,1-2H3,(H,25,27,28). The Bertz CT molecular complexity index is 1190. The third-order valence-corrected chi connectivity index (χ3v) is 6.38. The molecular weight excluding hydrogens is 458 g/mol. The number of piperazine rings is 1. The van der Waals surface area contributed by atoms with Gasteiger partial charge in [-0.3, -0.25) is 14.4 Å². The summed E-state index contributed by atoms with van der Waals surface area (Å²) >= 11 is 6.30. The summed E-state index contributed by atoms with van der Waals surface area (Å²) in [5.41, 5.74) is 2.58. The van der Waals surface area contributed by atoms with Crippen molar-refractivity contribution in [2.24, 2.45) is 7.05 Å². The molecule has 0 radical (unpaired) electrons. The Morgan fingerprint density at radius 1 is 1.24 bits per heavy atom. The first-order valence-electron chi connectivity index (χ1n) is 11.1. The second-order valence-electron chi connectivity index (χ2n) is 8.28. The van der Waals surface area contributed by atoms with E-state index in [0.29, 0.717) is 46.8 Å². The van der Waals surface area contributed by atoms with Crippen LogP contribution in [0.4, 0.5) is 11.6 Å². The molecule has 2 aliphatic rings. The van der Waals surface area contributed by atoms with Crippen molar-refractivity contribution in [2.45, 2.75) is 12.6 Å². The molecule has 1 amide bonds. The summed E-state index contributed by atoms with van der Waals surface area (Å²) in [7, 11) is 3.39. The van der Waals surface area contributed by atoms with Crippen LogP contribution in [0.5, 0.6) is 5.75 Å². The minimum absolute atomic E-state index is 0.0133. The monoisotopic (exact) mass is 483 g/mol. The number of hydrogen-bond acceptors (Lipinski definition) is 8. The lowest BCUT2D eigenvalue weighted by Gasteiger charge is -2.42. The zero-order valence-electron chi connectivity index (χ0n) is 19.1. The summed E-state index contributed by atoms with van der Waals surface area (Å²) in [6.07, 6.45) is 6.35. The number of nitrogens with one attached hydrogen (secondary N) is 1. The first kappa shape index (κ1) is 22.6. The molecule has 1 N–H and O–H groups in total. The number of nitrogens with zero attached hydrogens (tertiary/aromatic N) is 6. The van der Waals surface area contributed by atoms with Gasteiger partial charge in [0.1, 0.15) is 12.0 Å². The normalized spacial score (nSPS) is 18.4. The molecule has 5 rings (SSSR count). The van der Waals surface area contributed by atoms with E-state index in [1.165, 1.54) is 6.20 Å². The number of amides is 1. The Morgan fingerprint density at radius 3 is 2.68 bits per heavy atom. The first-order valence-corrected chi connectivity index (χ1v) is 11.5. The number of anilines is 2. The van der Waals surface area contributed by atoms with E-state index in [2.05, 4.69) is 25.3 Å². The maximum absolute atomic E-state index is 13.1. The summed E-state index contributed by atoms with van der Waals surface area (Å²) in [5, 5.41) is 7.76. The van der Waals surface area contributed by atoms with E-state index in [1.54, 1.807) is 36.2 Å². The number of carbonyl (C=O) groups excluding carboxylic acids is 1. The van der Waals surface area contributed by atoms with Gasteiger partial charge >= 0.3 is 0 Å². The van der Waals surface area contributed by atoms with Crippen LogP contribution in [0.25, 0.3) is 11.3 Å². The van der Waals surface area contributed by atoms with Crippen LogP contribution >= 0.6 is 11.6 Å². The van der Waals surface area contributed by atoms with Crippen molar-refractivity contribution in [1.29, 1.82) is 0 Å². The highest BCUT2D eigenvalue weighted by molar-refractivity contribution is 6.32. The quantitative estimate of drug-likeness (QED) is 0.571. The second kappa shape index (κ2) is 9.57. The lowest BCUT2D eigenvalue weighted by atomic mass is 10.1. The van der Waals surface area contributed by atoms with E-state index in [1.807, 2.05) is 18.1 Å². The maximum Gasteiger partial charge on any atom is 0.254 e. The molecular formula is C23H26ClN7O3. The molecule has 0 spiro atoms. The fourth-order valence-corrected chi connectivity index (χ4v) is 4.33. The smallest absolute Gasteiger partial charge is 0.254 e. The topological polar surface area (TPSA) is 97.6 Å². The SMILES string of the molecule is COc1cc(C(=O)N2CCN(C3CCO3)CC2)ccc1Nc1ncc(Cl)c(-c2cnn(C)c2)n1. The van der Waals surface area contributed by atoms with Crippen molar-refractivity contribution >= 4 is 29.1 Å². The largest absolute Gasteiger partial charge is 0.495 e. The molecule has 1 unspecified atom stereocenters. The van der Waals surface area contributed by atoms with E-state index in [0.717, 1.165) is 31.7 Å². The van der Waals surface area contributed by atoms with Crippen LogP contribution in [-0.2, 0) is 11.8 Å². The van der Waals surface area contributed by atoms with Crippen LogP contribution in [0.3, 0.4) is 0 Å². The fourth-order valence-electron chi connectivity index (χ4n) is 4.13. The number of rotatable bonds is 6. The molecule has 11 heteroatoms. The predicted molar refractivity (Wildman–Crippen MR) is 127 cm³/mol. The highest BCUT2D eigenvalue weighted by Gasteiger charge is 2.30. The van der Waals surface area contributed by atoms with E-state index < -0.39 is 0 Å². The van der Waals surface area contributed by atoms with Gasteiger partial charge in [-0.05, 0) is 18.2 Å². The predicted octanol–water partition coefficient (Wildman–Crippen LogP) is 2.79. The molecule has 2 aromatic heterocycles. The number of halogens is 1. The molecule has 3 aromatic rings. The zero-order chi connectivity index (χ0) is 23.7. The number of benzene rings is 1. The van der Waals surface area contributed by atoms with E-state index in [9.17, 15) is 4.79 Å². The van der Waals surface area contributed by atoms with E-state index in [4.69, 9.17) is 21.1 Å². The molecule has 0 aliphatic carbocycles. The molecule has 10 nitrogen and oxygen atoms in total. The van der Waals surface area contributed by atoms with Gasteiger partial charge in [-0.25, -0.2) is 9.97 Å². The molecule has 0 bridgehead atoms. The van der Waals surface area contributed by atoms with Crippen LogP contribution in [0.2, 0.25) is 5.02 Å². The number of ether oxygens (including phenoxy) is 2. The maximum atomic E-state index is 13.1. The van der Waals surface area contributed by atoms with Gasteiger partial charge in [-0.1, -0.05) is 11.6 Å². The van der Waals surface area contributed by atoms with Gasteiger partial charge in [0, 0.05) is 57.0 Å². The van der Waals surface area contributed by atoms with Gasteiger partial charge in [-0.15, -0.1) is 0 Å². The van der Waals surface area contributed by atoms with Crippen molar-refractivity contribution < 1.29 is 14.3 Å². The lowest BCUT2D eigenvalue weighted by Crippen LogP contribution is -2.55. The van der Waals surface area contributed by atoms with E-state index in [-0.39, 0.29) is 12.1 Å². The fraction of sp³-hybridized carbons (Fsp3) is 0.391. The van der Waals surface area contributed by atoms with E-state index >= 15 is 0 Å². The van der Waals surface area contributed by atoms with Gasteiger partial charge in [-0.2, -0.15) is 5.10 Å². The van der Waals surface area contributed by atoms with Gasteiger partial charge < -0.3 is 19.7 Å². The molecule has 34 heavy (non-hydrogen) atoms. The third-order valence-electron chi connectivity index (χ3n) is 6.10. The van der Waals surface area contributed by atoms with Crippen LogP contribution in [-0.4, -0.2) is 81.6 Å². The summed E-state index contributed by atoms with van der Waals surface area (Å²) in [6, 6.07) is 5.32. The van der Waals surface area contributed by atoms with Crippen molar-refractivity contribution in [1.82, 2.24) is 29.5 Å². The molecule has 1 atom stereocenters. The number of hydrogen-bond donors (Lipinski definition) is 1. The average Bonchev–Trinajstić information content (AvgIpc) is 3.25. The third kappa shape index (κ3) is 4.56. The Kier molecular flexibility index (Phi) is 6.36. The minimum atomic E-state index is -0.0133. The molecule has 2 saturated heterocycles. The Labute approximate surface area is 202 Å². The highest BCUT2D eigenvalue weighted by Crippen LogP contribution is 2.31. The molecule has 4 heterocycles. The highest BCUT2D eigenvalue weighted by atomic mass is 35.5. The summed E-state index contributed by atoms with van der Waals surface area (Å²) in [4.78, 5) is 26.1. The molecule has 178 valence electrons. The average molecular weight is 484 g/mol. The Balaban J connectivity index is 1.30. The summed E-state index contributed by atoms with van der Waals surface area (Å²) < 4.78 is 12.8. The Morgan fingerprint density at radius 2 is 2.03 bits per heavy atom. The van der Waals surface area contributed by atoms with Crippen molar-refractivity contribution in [3.8, 4) is 17.0 Å². The first-order chi connectivity index (χ1) is 16.5. The zero-order valence-corrected chi connectivity index (χ0v) is 19.8. The number of aromatic nitrogens is 4. The molecule has 2 fully saturated rings.